The molecule has 206 valence electrons. The predicted molar refractivity (Wildman–Crippen MR) is 132 cm³/mol. The largest absolute Gasteiger partial charge is 0.435 e. The van der Waals surface area contributed by atoms with E-state index in [4.69, 9.17) is 28.0 Å². The highest BCUT2D eigenvalue weighted by atomic mass is 35.5. The van der Waals surface area contributed by atoms with Crippen LogP contribution in [0.2, 0.25) is 10.0 Å². The van der Waals surface area contributed by atoms with E-state index in [1.165, 1.54) is 24.3 Å². The normalized spacial score (nSPS) is 17.5. The van der Waals surface area contributed by atoms with E-state index in [1.807, 2.05) is 0 Å². The molecule has 1 atom stereocenters. The van der Waals surface area contributed by atoms with E-state index in [0.29, 0.717) is 10.8 Å². The Balaban J connectivity index is 1.62. The zero-order valence-electron chi connectivity index (χ0n) is 19.5. The SMILES string of the molecule is O=C(CNC(=O)c1ccc(C2=NO[C@](c3cc(Cl)cc(Cl)c3)(C(F)(F)F)C2)c2ccccc12)NCC(F)(F)F. The van der Waals surface area contributed by atoms with Crippen molar-refractivity contribution in [3.05, 3.63) is 81.3 Å². The van der Waals surface area contributed by atoms with Crippen molar-refractivity contribution in [3.63, 3.8) is 0 Å². The molecule has 0 saturated carbocycles. The number of nitrogens with zero attached hydrogens (tertiary/aromatic N) is 1. The summed E-state index contributed by atoms with van der Waals surface area (Å²) in [6.45, 7) is -2.27. The Morgan fingerprint density at radius 2 is 1.56 bits per heavy atom. The molecule has 0 unspecified atom stereocenters. The minimum absolute atomic E-state index is 0.0222. The summed E-state index contributed by atoms with van der Waals surface area (Å²) < 4.78 is 79.9. The first kappa shape index (κ1) is 28.5. The molecular formula is C25H17Cl2F6N3O3. The summed E-state index contributed by atoms with van der Waals surface area (Å²) in [6.07, 6.45) is -10.2. The highest BCUT2D eigenvalue weighted by Crippen LogP contribution is 2.50. The van der Waals surface area contributed by atoms with Gasteiger partial charge in [-0.05, 0) is 35.0 Å². The van der Waals surface area contributed by atoms with Gasteiger partial charge in [0.1, 0.15) is 6.54 Å². The van der Waals surface area contributed by atoms with Gasteiger partial charge in [0.2, 0.25) is 5.91 Å². The van der Waals surface area contributed by atoms with Gasteiger partial charge in [-0.2, -0.15) is 26.3 Å². The second-order valence-corrected chi connectivity index (χ2v) is 9.44. The molecule has 6 nitrogen and oxygen atoms in total. The lowest BCUT2D eigenvalue weighted by Gasteiger charge is -2.29. The number of amides is 2. The Morgan fingerprint density at radius 1 is 0.923 bits per heavy atom. The highest BCUT2D eigenvalue weighted by molar-refractivity contribution is 6.34. The number of alkyl halides is 6. The fourth-order valence-electron chi connectivity index (χ4n) is 4.10. The Kier molecular flexibility index (Phi) is 7.72. The second kappa shape index (κ2) is 10.6. The molecule has 2 N–H and O–H groups in total. The molecule has 0 radical (unpaired) electrons. The summed E-state index contributed by atoms with van der Waals surface area (Å²) in [4.78, 5) is 29.4. The molecule has 14 heteroatoms. The second-order valence-electron chi connectivity index (χ2n) is 8.57. The van der Waals surface area contributed by atoms with Crippen LogP contribution in [0.4, 0.5) is 26.3 Å². The first-order chi connectivity index (χ1) is 18.2. The van der Waals surface area contributed by atoms with Crippen molar-refractivity contribution in [2.45, 2.75) is 24.4 Å². The molecule has 0 bridgehead atoms. The van der Waals surface area contributed by atoms with Gasteiger partial charge in [-0.25, -0.2) is 0 Å². The molecule has 0 aliphatic carbocycles. The molecule has 1 heterocycles. The Labute approximate surface area is 226 Å². The van der Waals surface area contributed by atoms with Crippen LogP contribution in [0.1, 0.15) is 27.9 Å². The van der Waals surface area contributed by atoms with E-state index >= 15 is 0 Å². The number of halogens is 8. The average molecular weight is 592 g/mol. The third kappa shape index (κ3) is 6.06. The number of fused-ring (bicyclic) bond motifs is 1. The van der Waals surface area contributed by atoms with Crippen molar-refractivity contribution in [2.75, 3.05) is 13.1 Å². The molecule has 2 amide bonds. The van der Waals surface area contributed by atoms with Crippen molar-refractivity contribution in [3.8, 4) is 0 Å². The van der Waals surface area contributed by atoms with Gasteiger partial charge in [0.25, 0.3) is 11.5 Å². The van der Waals surface area contributed by atoms with E-state index in [0.717, 1.165) is 12.1 Å². The fourth-order valence-corrected chi connectivity index (χ4v) is 4.63. The Morgan fingerprint density at radius 3 is 2.18 bits per heavy atom. The summed E-state index contributed by atoms with van der Waals surface area (Å²) in [5, 5.41) is 8.24. The predicted octanol–water partition coefficient (Wildman–Crippen LogP) is 6.14. The van der Waals surface area contributed by atoms with E-state index in [2.05, 4.69) is 10.5 Å². The van der Waals surface area contributed by atoms with Crippen LogP contribution in [0.25, 0.3) is 10.8 Å². The number of carbonyl (C=O) groups is 2. The highest BCUT2D eigenvalue weighted by Gasteiger charge is 2.62. The Bertz CT molecular complexity index is 1460. The summed E-state index contributed by atoms with van der Waals surface area (Å²) in [6, 6.07) is 12.4. The number of hydrogen-bond donors (Lipinski definition) is 2. The van der Waals surface area contributed by atoms with Gasteiger partial charge in [-0.1, -0.05) is 58.7 Å². The molecule has 1 aliphatic heterocycles. The summed E-state index contributed by atoms with van der Waals surface area (Å²) in [5.74, 6) is -1.83. The van der Waals surface area contributed by atoms with Crippen LogP contribution in [0.5, 0.6) is 0 Å². The number of rotatable bonds is 6. The molecule has 3 aromatic carbocycles. The Hall–Kier alpha value is -3.51. The molecule has 3 aromatic rings. The number of oxime groups is 1. The van der Waals surface area contributed by atoms with Crippen LogP contribution in [0.15, 0.2) is 59.8 Å². The van der Waals surface area contributed by atoms with E-state index < -0.39 is 49.3 Å². The number of nitrogens with one attached hydrogen (secondary N) is 2. The quantitative estimate of drug-likeness (QED) is 0.338. The number of hydrogen-bond acceptors (Lipinski definition) is 4. The smallest absolute Gasteiger partial charge is 0.374 e. The zero-order chi connectivity index (χ0) is 28.6. The summed E-state index contributed by atoms with van der Waals surface area (Å²) >= 11 is 11.9. The van der Waals surface area contributed by atoms with Crippen LogP contribution >= 0.6 is 23.2 Å². The fraction of sp³-hybridized carbons (Fsp3) is 0.240. The van der Waals surface area contributed by atoms with Crippen LogP contribution in [-0.4, -0.2) is 43.0 Å². The van der Waals surface area contributed by atoms with Gasteiger partial charge in [0.05, 0.1) is 12.3 Å². The van der Waals surface area contributed by atoms with Crippen LogP contribution in [0.3, 0.4) is 0 Å². The molecule has 0 fully saturated rings. The van der Waals surface area contributed by atoms with Crippen LogP contribution in [-0.2, 0) is 15.2 Å². The van der Waals surface area contributed by atoms with Crippen molar-refractivity contribution in [1.29, 1.82) is 0 Å². The lowest BCUT2D eigenvalue weighted by Crippen LogP contribution is -2.42. The van der Waals surface area contributed by atoms with Gasteiger partial charge in [-0.3, -0.25) is 9.59 Å². The summed E-state index contributed by atoms with van der Waals surface area (Å²) in [5.41, 5.74) is -2.96. The molecular weight excluding hydrogens is 575 g/mol. The molecule has 0 saturated heterocycles. The third-order valence-electron chi connectivity index (χ3n) is 5.89. The first-order valence-electron chi connectivity index (χ1n) is 11.1. The van der Waals surface area contributed by atoms with Crippen LogP contribution in [0, 0.1) is 0 Å². The monoisotopic (exact) mass is 591 g/mol. The maximum Gasteiger partial charge on any atom is 0.435 e. The van der Waals surface area contributed by atoms with Crippen molar-refractivity contribution in [2.24, 2.45) is 5.16 Å². The zero-order valence-corrected chi connectivity index (χ0v) is 21.0. The van der Waals surface area contributed by atoms with Gasteiger partial charge in [-0.15, -0.1) is 0 Å². The first-order valence-corrected chi connectivity index (χ1v) is 11.9. The average Bonchev–Trinajstić information content (AvgIpc) is 3.31. The van der Waals surface area contributed by atoms with Gasteiger partial charge in [0.15, 0.2) is 0 Å². The van der Waals surface area contributed by atoms with E-state index in [-0.39, 0.29) is 32.4 Å². The molecule has 39 heavy (non-hydrogen) atoms. The third-order valence-corrected chi connectivity index (χ3v) is 6.33. The topological polar surface area (TPSA) is 79.8 Å². The molecule has 0 aromatic heterocycles. The lowest BCUT2D eigenvalue weighted by atomic mass is 9.85. The lowest BCUT2D eigenvalue weighted by molar-refractivity contribution is -0.275. The van der Waals surface area contributed by atoms with Crippen molar-refractivity contribution in [1.82, 2.24) is 10.6 Å². The minimum Gasteiger partial charge on any atom is -0.374 e. The van der Waals surface area contributed by atoms with Crippen LogP contribution < -0.4 is 10.6 Å². The number of benzene rings is 3. The summed E-state index contributed by atoms with van der Waals surface area (Å²) in [7, 11) is 0. The maximum atomic E-state index is 14.4. The minimum atomic E-state index is -4.91. The molecule has 0 spiro atoms. The molecule has 4 rings (SSSR count). The molecule has 1 aliphatic rings. The van der Waals surface area contributed by atoms with E-state index in [1.54, 1.807) is 23.5 Å². The van der Waals surface area contributed by atoms with Gasteiger partial charge >= 0.3 is 12.4 Å². The van der Waals surface area contributed by atoms with Gasteiger partial charge < -0.3 is 15.5 Å². The standard InChI is InChI=1S/C25H17Cl2F6N3O3/c26-14-7-13(8-15(27)9-14)23(25(31,32)33)10-20(36-39-23)18-5-6-19(17-4-2-1-3-16(17)18)22(38)34-11-21(37)35-12-24(28,29)30/h1-9H,10-12H2,(H,34,38)(H,35,37)/t23-/m1/s1. The van der Waals surface area contributed by atoms with Gasteiger partial charge in [0, 0.05) is 33.2 Å². The maximum absolute atomic E-state index is 14.4. The van der Waals surface area contributed by atoms with Crippen molar-refractivity contribution >= 4 is 51.5 Å². The number of carbonyl (C=O) groups excluding carboxylic acids is 2. The van der Waals surface area contributed by atoms with E-state index in [9.17, 15) is 35.9 Å². The van der Waals surface area contributed by atoms with Crippen molar-refractivity contribution < 1.29 is 40.8 Å².